The third kappa shape index (κ3) is 8.90. The summed E-state index contributed by atoms with van der Waals surface area (Å²) in [5.74, 6) is -0.0490. The zero-order valence-electron chi connectivity index (χ0n) is 33.2. The second kappa shape index (κ2) is 16.8. The number of para-hydroxylation sites is 1. The number of piperazine rings is 1. The molecule has 2 aromatic carbocycles. The second-order valence-electron chi connectivity index (χ2n) is 16.5. The molecule has 5 heterocycles. The number of nitrogens with zero attached hydrogens (tertiary/aromatic N) is 6. The van der Waals surface area contributed by atoms with Crippen molar-refractivity contribution in [2.45, 2.75) is 84.2 Å². The van der Waals surface area contributed by atoms with Crippen LogP contribution < -0.4 is 20.9 Å². The van der Waals surface area contributed by atoms with Crippen LogP contribution in [0.4, 0.5) is 11.5 Å². The monoisotopic (exact) mass is 795 g/mol. The minimum atomic E-state index is -0.881. The van der Waals surface area contributed by atoms with Gasteiger partial charge < -0.3 is 36.0 Å². The van der Waals surface area contributed by atoms with E-state index in [1.165, 1.54) is 4.90 Å². The first kappa shape index (κ1) is 40.1. The number of aliphatic hydroxyl groups is 1. The molecule has 14 nitrogen and oxygen atoms in total. The van der Waals surface area contributed by atoms with E-state index in [9.17, 15) is 24.6 Å². The lowest BCUT2D eigenvalue weighted by Crippen LogP contribution is -2.58. The summed E-state index contributed by atoms with van der Waals surface area (Å²) in [5.41, 5.74) is 6.35. The van der Waals surface area contributed by atoms with Crippen molar-refractivity contribution in [2.24, 2.45) is 5.41 Å². The number of aromatic hydroxyl groups is 1. The van der Waals surface area contributed by atoms with Crippen LogP contribution in [-0.4, -0.2) is 116 Å². The van der Waals surface area contributed by atoms with Gasteiger partial charge in [-0.1, -0.05) is 57.2 Å². The number of nitrogens with one attached hydrogen (secondary N) is 3. The number of aryl methyl sites for hydroxylation is 1. The number of amides is 3. The zero-order chi connectivity index (χ0) is 40.4. The maximum absolute atomic E-state index is 14.2. The Bertz CT molecular complexity index is 2090. The molecule has 2 saturated heterocycles. The van der Waals surface area contributed by atoms with Crippen LogP contribution in [0.5, 0.6) is 5.75 Å². The molecule has 5 atom stereocenters. The normalized spacial score (nSPS) is 20.6. The van der Waals surface area contributed by atoms with Crippen LogP contribution in [0, 0.1) is 12.3 Å². The van der Waals surface area contributed by atoms with E-state index in [-0.39, 0.29) is 54.9 Å². The molecule has 0 aliphatic carbocycles. The molecule has 0 bridgehead atoms. The van der Waals surface area contributed by atoms with Crippen LogP contribution in [0.3, 0.4) is 0 Å². The molecule has 57 heavy (non-hydrogen) atoms. The molecule has 1 unspecified atom stereocenters. The highest BCUT2D eigenvalue weighted by atomic mass is 32.1. The SMILES string of the molecule is Cc1ncsc1-c1ccc([C@H](C)NC(=O)[C@@H]2C[C@@H](O)CN2C(=O)[C@@H](NC(=O)CCCN2CCN3c4cc(-c5ccccc5O)nnc4NCC3C2)C(C)(C)C)cc1. The van der Waals surface area contributed by atoms with Crippen LogP contribution in [0.1, 0.15) is 64.3 Å². The van der Waals surface area contributed by atoms with E-state index in [1.54, 1.807) is 23.5 Å². The Kier molecular flexibility index (Phi) is 11.8. The number of hydrogen-bond donors (Lipinski definition) is 5. The standard InChI is InChI=1S/C42H53N9O5S/c1-25(27-12-14-28(15-13-27)37-26(2)44-24-57-37)45-40(55)34-19-30(52)23-51(34)41(56)38(42(3,4)5)46-36(54)11-8-16-49-17-18-50-29(22-49)21-43-39-33(50)20-32(47-48-39)31-9-6-7-10-35(31)53/h6-7,9-10,12-15,20,24-25,29-30,34,38,52-53H,8,11,16-19,21-23H2,1-5H3,(H,43,48)(H,45,55)(H,46,54)/t25-,29?,30+,34-,38+/m0/s1. The molecular weight excluding hydrogens is 743 g/mol. The Hall–Kier alpha value is -5.12. The van der Waals surface area contributed by atoms with E-state index in [0.29, 0.717) is 24.2 Å². The summed E-state index contributed by atoms with van der Waals surface area (Å²) in [7, 11) is 0. The first-order valence-electron chi connectivity index (χ1n) is 19.7. The number of benzene rings is 2. The number of rotatable bonds is 11. The second-order valence-corrected chi connectivity index (χ2v) is 17.3. The Morgan fingerprint density at radius 1 is 1.04 bits per heavy atom. The fourth-order valence-electron chi connectivity index (χ4n) is 8.09. The Morgan fingerprint density at radius 2 is 1.81 bits per heavy atom. The molecular formula is C42H53N9O5S. The molecule has 302 valence electrons. The van der Waals surface area contributed by atoms with Gasteiger partial charge in [0.1, 0.15) is 17.8 Å². The van der Waals surface area contributed by atoms with E-state index in [0.717, 1.165) is 59.4 Å². The fourth-order valence-corrected chi connectivity index (χ4v) is 8.90. The number of carbonyl (C=O) groups is 3. The summed E-state index contributed by atoms with van der Waals surface area (Å²) in [6.07, 6.45) is 0.140. The lowest BCUT2D eigenvalue weighted by molar-refractivity contribution is -0.144. The lowest BCUT2D eigenvalue weighted by atomic mass is 9.85. The number of phenolic OH excluding ortho intramolecular Hbond substituents is 1. The van der Waals surface area contributed by atoms with E-state index >= 15 is 0 Å². The highest BCUT2D eigenvalue weighted by Crippen LogP contribution is 2.36. The van der Waals surface area contributed by atoms with Gasteiger partial charge in [-0.15, -0.1) is 21.5 Å². The van der Waals surface area contributed by atoms with E-state index in [4.69, 9.17) is 0 Å². The molecule has 3 amide bonds. The zero-order valence-corrected chi connectivity index (χ0v) is 34.1. The van der Waals surface area contributed by atoms with Crippen molar-refractivity contribution in [3.8, 4) is 27.4 Å². The number of hydrogen-bond acceptors (Lipinski definition) is 12. The number of fused-ring (bicyclic) bond motifs is 3. The van der Waals surface area contributed by atoms with Crippen molar-refractivity contribution < 1.29 is 24.6 Å². The summed E-state index contributed by atoms with van der Waals surface area (Å²) in [4.78, 5) is 52.8. The highest BCUT2D eigenvalue weighted by Gasteiger charge is 2.45. The molecule has 2 fully saturated rings. The number of anilines is 2. The number of phenols is 1. The fraction of sp³-hybridized carbons (Fsp3) is 0.476. The van der Waals surface area contributed by atoms with E-state index in [2.05, 4.69) is 40.9 Å². The number of β-amino-alcohol motifs (C(OH)–C–C–N with tert-alkyl or cyclic N) is 1. The number of aliphatic hydroxyl groups excluding tert-OH is 1. The molecule has 0 radical (unpaired) electrons. The number of aromatic nitrogens is 3. The Labute approximate surface area is 337 Å². The summed E-state index contributed by atoms with van der Waals surface area (Å²) in [6.45, 7) is 13.4. The van der Waals surface area contributed by atoms with Gasteiger partial charge in [0.2, 0.25) is 17.7 Å². The maximum Gasteiger partial charge on any atom is 0.246 e. The largest absolute Gasteiger partial charge is 0.507 e. The van der Waals surface area contributed by atoms with Crippen LogP contribution >= 0.6 is 11.3 Å². The van der Waals surface area contributed by atoms with Gasteiger partial charge in [-0.2, -0.15) is 0 Å². The summed E-state index contributed by atoms with van der Waals surface area (Å²) >= 11 is 1.58. The van der Waals surface area contributed by atoms with Gasteiger partial charge >= 0.3 is 0 Å². The predicted octanol–water partition coefficient (Wildman–Crippen LogP) is 4.35. The predicted molar refractivity (Wildman–Crippen MR) is 221 cm³/mol. The van der Waals surface area contributed by atoms with Gasteiger partial charge in [0, 0.05) is 51.1 Å². The van der Waals surface area contributed by atoms with Crippen molar-refractivity contribution in [1.29, 1.82) is 0 Å². The van der Waals surface area contributed by atoms with E-state index in [1.807, 2.05) is 82.6 Å². The molecule has 0 saturated carbocycles. The van der Waals surface area contributed by atoms with Crippen LogP contribution in [0.25, 0.3) is 21.7 Å². The summed E-state index contributed by atoms with van der Waals surface area (Å²) < 4.78 is 0. The van der Waals surface area contributed by atoms with Crippen molar-refractivity contribution >= 4 is 40.6 Å². The van der Waals surface area contributed by atoms with Crippen molar-refractivity contribution in [3.63, 3.8) is 0 Å². The topological polar surface area (TPSA) is 176 Å². The molecule has 7 rings (SSSR count). The van der Waals surface area contributed by atoms with Gasteiger partial charge in [-0.25, -0.2) is 4.98 Å². The highest BCUT2D eigenvalue weighted by molar-refractivity contribution is 7.13. The third-order valence-corrected chi connectivity index (χ3v) is 12.3. The molecule has 3 aliphatic heterocycles. The van der Waals surface area contributed by atoms with Crippen LogP contribution in [0.15, 0.2) is 60.1 Å². The molecule has 2 aromatic heterocycles. The van der Waals surface area contributed by atoms with Gasteiger partial charge in [0.05, 0.1) is 45.7 Å². The molecule has 5 N–H and O–H groups in total. The molecule has 15 heteroatoms. The maximum atomic E-state index is 14.2. The number of likely N-dealkylation sites (tertiary alicyclic amines) is 1. The smallest absolute Gasteiger partial charge is 0.246 e. The lowest BCUT2D eigenvalue weighted by Gasteiger charge is -2.45. The molecule has 0 spiro atoms. The van der Waals surface area contributed by atoms with Gasteiger partial charge in [-0.05, 0) is 61.6 Å². The van der Waals surface area contributed by atoms with Gasteiger partial charge in [0.25, 0.3) is 0 Å². The first-order chi connectivity index (χ1) is 27.3. The Morgan fingerprint density at radius 3 is 2.53 bits per heavy atom. The van der Waals surface area contributed by atoms with Crippen molar-refractivity contribution in [2.75, 3.05) is 49.5 Å². The van der Waals surface area contributed by atoms with E-state index < -0.39 is 23.6 Å². The molecule has 3 aliphatic rings. The quantitative estimate of drug-likeness (QED) is 0.146. The first-order valence-corrected chi connectivity index (χ1v) is 20.6. The summed E-state index contributed by atoms with van der Waals surface area (Å²) in [6, 6.07) is 15.2. The Balaban J connectivity index is 0.917. The number of thiazole rings is 1. The molecule has 4 aromatic rings. The summed E-state index contributed by atoms with van der Waals surface area (Å²) in [5, 5.41) is 39.3. The van der Waals surface area contributed by atoms with Crippen molar-refractivity contribution in [3.05, 3.63) is 71.4 Å². The minimum absolute atomic E-state index is 0.0196. The van der Waals surface area contributed by atoms with Gasteiger partial charge in [0.15, 0.2) is 5.82 Å². The van der Waals surface area contributed by atoms with Gasteiger partial charge in [-0.3, -0.25) is 19.3 Å². The average molecular weight is 796 g/mol. The van der Waals surface area contributed by atoms with Crippen LogP contribution in [-0.2, 0) is 14.4 Å². The number of carbonyl (C=O) groups excluding carboxylic acids is 3. The van der Waals surface area contributed by atoms with Crippen molar-refractivity contribution in [1.82, 2.24) is 35.6 Å². The van der Waals surface area contributed by atoms with Crippen LogP contribution in [0.2, 0.25) is 0 Å². The minimum Gasteiger partial charge on any atom is -0.507 e. The third-order valence-electron chi connectivity index (χ3n) is 11.3. The average Bonchev–Trinajstić information content (AvgIpc) is 3.81.